The first-order valence-electron chi connectivity index (χ1n) is 3.60. The second kappa shape index (κ2) is 4.28. The van der Waals surface area contributed by atoms with Crippen LogP contribution in [0.4, 0.5) is 10.1 Å². The summed E-state index contributed by atoms with van der Waals surface area (Å²) in [6.45, 7) is 0. The number of alkyl halides is 1. The van der Waals surface area contributed by atoms with Crippen LogP contribution in [0.5, 0.6) is 0 Å². The minimum Gasteiger partial charge on any atom is -0.293 e. The zero-order valence-electron chi connectivity index (χ0n) is 6.87. The Labute approximate surface area is 87.0 Å². The van der Waals surface area contributed by atoms with Crippen molar-refractivity contribution in [3.63, 3.8) is 0 Å². The van der Waals surface area contributed by atoms with Gasteiger partial charge in [0.1, 0.15) is 0 Å². The Bertz CT molecular complexity index is 394. The summed E-state index contributed by atoms with van der Waals surface area (Å²) < 4.78 is 13.3. The number of halogens is 2. The topological polar surface area (TPSA) is 60.2 Å². The van der Waals surface area contributed by atoms with Crippen LogP contribution in [-0.4, -0.2) is 16.0 Å². The summed E-state index contributed by atoms with van der Waals surface area (Å²) in [5.74, 6) is -1.60. The molecule has 74 valence electrons. The number of rotatable bonds is 3. The molecule has 0 fully saturated rings. The van der Waals surface area contributed by atoms with Crippen LogP contribution in [0.2, 0.25) is 0 Å². The Morgan fingerprint density at radius 2 is 2.21 bits per heavy atom. The summed E-state index contributed by atoms with van der Waals surface area (Å²) in [5, 5.41) is 10.3. The summed E-state index contributed by atoms with van der Waals surface area (Å²) in [5.41, 5.74) is -0.951. The van der Waals surface area contributed by atoms with Gasteiger partial charge < -0.3 is 0 Å². The minimum absolute atomic E-state index is 0.0644. The summed E-state index contributed by atoms with van der Waals surface area (Å²) in [4.78, 5) is 20.6. The molecule has 4 nitrogen and oxygen atoms in total. The summed E-state index contributed by atoms with van der Waals surface area (Å²) in [6, 6.07) is 3.50. The van der Waals surface area contributed by atoms with E-state index in [1.54, 1.807) is 0 Å². The van der Waals surface area contributed by atoms with Gasteiger partial charge in [-0.1, -0.05) is 22.0 Å². The van der Waals surface area contributed by atoms with Gasteiger partial charge in [-0.25, -0.2) is 0 Å². The van der Waals surface area contributed by atoms with E-state index in [-0.39, 0.29) is 10.9 Å². The van der Waals surface area contributed by atoms with Crippen molar-refractivity contribution in [2.24, 2.45) is 0 Å². The average molecular weight is 262 g/mol. The maximum absolute atomic E-state index is 13.3. The number of hydrogen-bond acceptors (Lipinski definition) is 3. The lowest BCUT2D eigenvalue weighted by Gasteiger charge is -1.99. The van der Waals surface area contributed by atoms with Gasteiger partial charge in [0, 0.05) is 6.07 Å². The largest absolute Gasteiger partial charge is 0.305 e. The van der Waals surface area contributed by atoms with Crippen molar-refractivity contribution in [2.75, 3.05) is 5.33 Å². The van der Waals surface area contributed by atoms with Crippen LogP contribution >= 0.6 is 15.9 Å². The van der Waals surface area contributed by atoms with Crippen LogP contribution in [0.1, 0.15) is 10.4 Å². The number of nitrogens with zero attached hydrogens (tertiary/aromatic N) is 1. The monoisotopic (exact) mass is 261 g/mol. The van der Waals surface area contributed by atoms with Crippen LogP contribution in [-0.2, 0) is 0 Å². The van der Waals surface area contributed by atoms with Crippen LogP contribution in [0.15, 0.2) is 18.2 Å². The third-order valence-electron chi connectivity index (χ3n) is 1.60. The molecule has 1 rings (SSSR count). The molecule has 0 unspecified atom stereocenters. The molecule has 0 spiro atoms. The zero-order chi connectivity index (χ0) is 10.7. The molecule has 0 saturated carbocycles. The highest BCUT2D eigenvalue weighted by Crippen LogP contribution is 2.20. The molecule has 0 aliphatic rings. The molecule has 0 bridgehead atoms. The standard InChI is InChI=1S/C8H5BrFNO3/c9-4-7(12)5-2-1-3-6(8(5)10)11(13)14/h1-3H,4H2. The first kappa shape index (κ1) is 10.8. The fourth-order valence-electron chi connectivity index (χ4n) is 0.948. The predicted molar refractivity (Wildman–Crippen MR) is 51.2 cm³/mol. The Morgan fingerprint density at radius 1 is 1.57 bits per heavy atom. The van der Waals surface area contributed by atoms with Gasteiger partial charge in [0.2, 0.25) is 5.82 Å². The van der Waals surface area contributed by atoms with Crippen LogP contribution in [0.3, 0.4) is 0 Å². The number of hydrogen-bond donors (Lipinski definition) is 0. The Kier molecular flexibility index (Phi) is 3.29. The Balaban J connectivity index is 3.27. The maximum atomic E-state index is 13.3. The number of carbonyl (C=O) groups is 1. The molecule has 0 heterocycles. The molecule has 0 atom stereocenters. The molecule has 0 aromatic heterocycles. The highest BCUT2D eigenvalue weighted by atomic mass is 79.9. The van der Waals surface area contributed by atoms with Crippen molar-refractivity contribution in [3.8, 4) is 0 Å². The highest BCUT2D eigenvalue weighted by Gasteiger charge is 2.20. The quantitative estimate of drug-likeness (QED) is 0.363. The minimum atomic E-state index is -1.08. The Hall–Kier alpha value is -1.30. The van der Waals surface area contributed by atoms with Gasteiger partial charge in [-0.2, -0.15) is 4.39 Å². The van der Waals surface area contributed by atoms with E-state index in [1.165, 1.54) is 12.1 Å². The van der Waals surface area contributed by atoms with Gasteiger partial charge >= 0.3 is 5.69 Å². The molecule has 0 aliphatic carbocycles. The van der Waals surface area contributed by atoms with Gasteiger partial charge in [0.25, 0.3) is 0 Å². The van der Waals surface area contributed by atoms with E-state index >= 15 is 0 Å². The normalized spacial score (nSPS) is 9.86. The van der Waals surface area contributed by atoms with Gasteiger partial charge in [-0.05, 0) is 6.07 Å². The third kappa shape index (κ3) is 1.95. The zero-order valence-corrected chi connectivity index (χ0v) is 8.45. The molecule has 0 saturated heterocycles. The molecule has 14 heavy (non-hydrogen) atoms. The van der Waals surface area contributed by atoms with E-state index in [0.29, 0.717) is 0 Å². The van der Waals surface area contributed by atoms with Crippen molar-refractivity contribution in [2.45, 2.75) is 0 Å². The lowest BCUT2D eigenvalue weighted by Crippen LogP contribution is -2.05. The average Bonchev–Trinajstić information content (AvgIpc) is 2.16. The van der Waals surface area contributed by atoms with Crippen LogP contribution < -0.4 is 0 Å². The molecular formula is C8H5BrFNO3. The molecule has 0 amide bonds. The Morgan fingerprint density at radius 3 is 2.71 bits per heavy atom. The lowest BCUT2D eigenvalue weighted by atomic mass is 10.1. The molecule has 1 aromatic carbocycles. The first-order chi connectivity index (χ1) is 6.57. The van der Waals surface area contributed by atoms with Crippen molar-refractivity contribution in [1.82, 2.24) is 0 Å². The van der Waals surface area contributed by atoms with E-state index in [2.05, 4.69) is 15.9 Å². The number of nitro groups is 1. The lowest BCUT2D eigenvalue weighted by molar-refractivity contribution is -0.387. The van der Waals surface area contributed by atoms with Gasteiger partial charge in [0.05, 0.1) is 15.8 Å². The van der Waals surface area contributed by atoms with Crippen molar-refractivity contribution in [3.05, 3.63) is 39.7 Å². The molecular weight excluding hydrogens is 257 g/mol. The van der Waals surface area contributed by atoms with E-state index in [0.717, 1.165) is 6.07 Å². The molecule has 6 heteroatoms. The number of Topliss-reactive ketones (excluding diaryl/α,β-unsaturated/α-hetero) is 1. The molecule has 1 aromatic rings. The number of ketones is 1. The van der Waals surface area contributed by atoms with Crippen LogP contribution in [0, 0.1) is 15.9 Å². The van der Waals surface area contributed by atoms with E-state index in [1.807, 2.05) is 0 Å². The first-order valence-corrected chi connectivity index (χ1v) is 4.72. The number of nitro benzene ring substituents is 1. The second-order valence-electron chi connectivity index (χ2n) is 2.45. The summed E-state index contributed by atoms with van der Waals surface area (Å²) in [6.07, 6.45) is 0. The number of carbonyl (C=O) groups excluding carboxylic acids is 1. The number of benzene rings is 1. The fraction of sp³-hybridized carbons (Fsp3) is 0.125. The van der Waals surface area contributed by atoms with E-state index in [9.17, 15) is 19.3 Å². The predicted octanol–water partition coefficient (Wildman–Crippen LogP) is 2.31. The second-order valence-corrected chi connectivity index (χ2v) is 3.01. The van der Waals surface area contributed by atoms with Crippen LogP contribution in [0.25, 0.3) is 0 Å². The van der Waals surface area contributed by atoms with Gasteiger partial charge in [-0.15, -0.1) is 0 Å². The van der Waals surface area contributed by atoms with E-state index in [4.69, 9.17) is 0 Å². The summed E-state index contributed by atoms with van der Waals surface area (Å²) in [7, 11) is 0. The van der Waals surface area contributed by atoms with Gasteiger partial charge in [0.15, 0.2) is 5.78 Å². The van der Waals surface area contributed by atoms with Crippen molar-refractivity contribution in [1.29, 1.82) is 0 Å². The molecule has 0 radical (unpaired) electrons. The van der Waals surface area contributed by atoms with Gasteiger partial charge in [-0.3, -0.25) is 14.9 Å². The SMILES string of the molecule is O=C(CBr)c1cccc([N+](=O)[O-])c1F. The molecule has 0 N–H and O–H groups in total. The third-order valence-corrected chi connectivity index (χ3v) is 2.11. The van der Waals surface area contributed by atoms with Crippen molar-refractivity contribution < 1.29 is 14.1 Å². The highest BCUT2D eigenvalue weighted by molar-refractivity contribution is 9.09. The summed E-state index contributed by atoms with van der Waals surface area (Å²) >= 11 is 2.86. The van der Waals surface area contributed by atoms with Crippen molar-refractivity contribution >= 4 is 27.4 Å². The molecule has 0 aliphatic heterocycles. The smallest absolute Gasteiger partial charge is 0.293 e. The maximum Gasteiger partial charge on any atom is 0.305 e. The fourth-order valence-corrected chi connectivity index (χ4v) is 1.25. The van der Waals surface area contributed by atoms with E-state index < -0.39 is 22.2 Å².